The summed E-state index contributed by atoms with van der Waals surface area (Å²) < 4.78 is 6.07. The Balaban J connectivity index is 2.13. The van der Waals surface area contributed by atoms with E-state index >= 15 is 0 Å². The van der Waals surface area contributed by atoms with Crippen molar-refractivity contribution >= 4 is 0 Å². The molecule has 0 aromatic rings. The SMILES string of the molecule is CCCNC(C)(CO)CCCCOC1CC(C)CC(C)C1. The molecule has 0 amide bonds. The fourth-order valence-corrected chi connectivity index (χ4v) is 3.53. The van der Waals surface area contributed by atoms with Gasteiger partial charge in [0.05, 0.1) is 12.7 Å². The van der Waals surface area contributed by atoms with E-state index in [0.717, 1.165) is 50.7 Å². The molecule has 1 aliphatic rings. The first-order valence-corrected chi connectivity index (χ1v) is 8.96. The fourth-order valence-electron chi connectivity index (χ4n) is 3.53. The lowest BCUT2D eigenvalue weighted by molar-refractivity contribution is -0.00135. The number of hydrogen-bond acceptors (Lipinski definition) is 3. The van der Waals surface area contributed by atoms with Crippen molar-refractivity contribution in [1.29, 1.82) is 0 Å². The Morgan fingerprint density at radius 2 is 1.81 bits per heavy atom. The molecule has 1 rings (SSSR count). The van der Waals surface area contributed by atoms with E-state index in [4.69, 9.17) is 4.74 Å². The summed E-state index contributed by atoms with van der Waals surface area (Å²) in [6, 6.07) is 0. The van der Waals surface area contributed by atoms with Crippen LogP contribution in [0.3, 0.4) is 0 Å². The van der Waals surface area contributed by atoms with Crippen LogP contribution in [0, 0.1) is 11.8 Å². The third-order valence-electron chi connectivity index (χ3n) is 4.76. The van der Waals surface area contributed by atoms with E-state index in [1.165, 1.54) is 19.3 Å². The Kier molecular flexibility index (Phi) is 8.84. The summed E-state index contributed by atoms with van der Waals surface area (Å²) in [5, 5.41) is 13.0. The molecule has 126 valence electrons. The second-order valence-electron chi connectivity index (χ2n) is 7.51. The van der Waals surface area contributed by atoms with E-state index in [2.05, 4.69) is 33.0 Å². The summed E-state index contributed by atoms with van der Waals surface area (Å²) in [6.45, 7) is 11.0. The number of aliphatic hydroxyl groups excluding tert-OH is 1. The molecule has 2 N–H and O–H groups in total. The minimum Gasteiger partial charge on any atom is -0.394 e. The lowest BCUT2D eigenvalue weighted by Crippen LogP contribution is -2.46. The Labute approximate surface area is 131 Å². The van der Waals surface area contributed by atoms with Crippen molar-refractivity contribution < 1.29 is 9.84 Å². The van der Waals surface area contributed by atoms with Crippen LogP contribution in [0.15, 0.2) is 0 Å². The minimum atomic E-state index is -0.121. The molecule has 0 saturated heterocycles. The Hall–Kier alpha value is -0.120. The normalized spacial score (nSPS) is 29.3. The second-order valence-corrected chi connectivity index (χ2v) is 7.51. The first kappa shape index (κ1) is 18.9. The highest BCUT2D eigenvalue weighted by molar-refractivity contribution is 4.82. The van der Waals surface area contributed by atoms with Gasteiger partial charge in [0.25, 0.3) is 0 Å². The van der Waals surface area contributed by atoms with Gasteiger partial charge >= 0.3 is 0 Å². The summed E-state index contributed by atoms with van der Waals surface area (Å²) in [7, 11) is 0. The van der Waals surface area contributed by atoms with Gasteiger partial charge in [-0.2, -0.15) is 0 Å². The molecule has 0 aromatic heterocycles. The summed E-state index contributed by atoms with van der Waals surface area (Å²) in [5.74, 6) is 1.63. The number of nitrogens with one attached hydrogen (secondary N) is 1. The van der Waals surface area contributed by atoms with Crippen LogP contribution in [0.5, 0.6) is 0 Å². The van der Waals surface area contributed by atoms with Gasteiger partial charge in [0, 0.05) is 12.1 Å². The molecule has 1 saturated carbocycles. The first-order chi connectivity index (χ1) is 9.99. The number of aliphatic hydroxyl groups is 1. The smallest absolute Gasteiger partial charge is 0.0610 e. The highest BCUT2D eigenvalue weighted by atomic mass is 16.5. The van der Waals surface area contributed by atoms with E-state index in [0.29, 0.717) is 6.10 Å². The maximum atomic E-state index is 9.54. The quantitative estimate of drug-likeness (QED) is 0.604. The average molecular weight is 299 g/mol. The topological polar surface area (TPSA) is 41.5 Å². The predicted molar refractivity (Wildman–Crippen MR) is 89.6 cm³/mol. The molecular weight excluding hydrogens is 262 g/mol. The van der Waals surface area contributed by atoms with Gasteiger partial charge in [0.2, 0.25) is 0 Å². The first-order valence-electron chi connectivity index (χ1n) is 8.96. The van der Waals surface area contributed by atoms with Crippen LogP contribution in [-0.4, -0.2) is 36.5 Å². The monoisotopic (exact) mass is 299 g/mol. The van der Waals surface area contributed by atoms with Crippen molar-refractivity contribution in [3.05, 3.63) is 0 Å². The summed E-state index contributed by atoms with van der Waals surface area (Å²) in [5.41, 5.74) is -0.121. The van der Waals surface area contributed by atoms with E-state index in [1.54, 1.807) is 0 Å². The molecule has 0 aromatic carbocycles. The third-order valence-corrected chi connectivity index (χ3v) is 4.76. The van der Waals surface area contributed by atoms with E-state index < -0.39 is 0 Å². The molecular formula is C18H37NO2. The van der Waals surface area contributed by atoms with Gasteiger partial charge < -0.3 is 15.2 Å². The van der Waals surface area contributed by atoms with Crippen LogP contribution >= 0.6 is 0 Å². The van der Waals surface area contributed by atoms with Gasteiger partial charge in [-0.3, -0.25) is 0 Å². The Morgan fingerprint density at radius 3 is 2.38 bits per heavy atom. The highest BCUT2D eigenvalue weighted by Crippen LogP contribution is 2.30. The number of ether oxygens (including phenoxy) is 1. The molecule has 3 heteroatoms. The summed E-state index contributed by atoms with van der Waals surface area (Å²) in [6.07, 6.45) is 8.65. The van der Waals surface area contributed by atoms with Crippen LogP contribution in [0.2, 0.25) is 0 Å². The zero-order valence-electron chi connectivity index (χ0n) is 14.7. The predicted octanol–water partition coefficient (Wildman–Crippen LogP) is 3.75. The molecule has 3 unspecified atom stereocenters. The number of unbranched alkanes of at least 4 members (excludes halogenated alkanes) is 1. The summed E-state index contributed by atoms with van der Waals surface area (Å²) >= 11 is 0. The fraction of sp³-hybridized carbons (Fsp3) is 1.00. The average Bonchev–Trinajstić information content (AvgIpc) is 2.44. The van der Waals surface area contributed by atoms with Gasteiger partial charge in [-0.05, 0) is 70.3 Å². The third kappa shape index (κ3) is 7.62. The zero-order chi connectivity index (χ0) is 15.7. The van der Waals surface area contributed by atoms with Crippen LogP contribution < -0.4 is 5.32 Å². The molecule has 1 fully saturated rings. The zero-order valence-corrected chi connectivity index (χ0v) is 14.7. The molecule has 0 heterocycles. The van der Waals surface area contributed by atoms with E-state index in [-0.39, 0.29) is 12.1 Å². The standard InChI is InChI=1S/C18H37NO2/c1-5-9-19-18(4,14-20)8-6-7-10-21-17-12-15(2)11-16(3)13-17/h15-17,19-20H,5-14H2,1-4H3. The van der Waals surface area contributed by atoms with E-state index in [1.807, 2.05) is 0 Å². The lowest BCUT2D eigenvalue weighted by atomic mass is 9.82. The van der Waals surface area contributed by atoms with Crippen LogP contribution in [0.4, 0.5) is 0 Å². The Morgan fingerprint density at radius 1 is 1.14 bits per heavy atom. The lowest BCUT2D eigenvalue weighted by Gasteiger charge is -2.31. The molecule has 0 radical (unpaired) electrons. The molecule has 3 atom stereocenters. The van der Waals surface area contributed by atoms with Crippen LogP contribution in [0.25, 0.3) is 0 Å². The molecule has 21 heavy (non-hydrogen) atoms. The van der Waals surface area contributed by atoms with Crippen molar-refractivity contribution in [3.8, 4) is 0 Å². The minimum absolute atomic E-state index is 0.121. The number of hydrogen-bond donors (Lipinski definition) is 2. The van der Waals surface area contributed by atoms with Crippen molar-refractivity contribution in [1.82, 2.24) is 5.32 Å². The molecule has 0 aliphatic heterocycles. The van der Waals surface area contributed by atoms with Crippen molar-refractivity contribution in [3.63, 3.8) is 0 Å². The Bertz CT molecular complexity index is 262. The van der Waals surface area contributed by atoms with Crippen LogP contribution in [-0.2, 0) is 4.74 Å². The van der Waals surface area contributed by atoms with Gasteiger partial charge in [0.1, 0.15) is 0 Å². The van der Waals surface area contributed by atoms with Gasteiger partial charge in [-0.15, -0.1) is 0 Å². The molecule has 0 spiro atoms. The second kappa shape index (κ2) is 9.81. The maximum Gasteiger partial charge on any atom is 0.0610 e. The largest absolute Gasteiger partial charge is 0.394 e. The number of rotatable bonds is 10. The van der Waals surface area contributed by atoms with Crippen LogP contribution in [0.1, 0.15) is 72.6 Å². The summed E-state index contributed by atoms with van der Waals surface area (Å²) in [4.78, 5) is 0. The van der Waals surface area contributed by atoms with Crippen molar-refractivity contribution in [2.24, 2.45) is 11.8 Å². The van der Waals surface area contributed by atoms with Crippen molar-refractivity contribution in [2.75, 3.05) is 19.8 Å². The molecule has 0 bridgehead atoms. The van der Waals surface area contributed by atoms with Gasteiger partial charge in [-0.1, -0.05) is 20.8 Å². The highest BCUT2D eigenvalue weighted by Gasteiger charge is 2.24. The van der Waals surface area contributed by atoms with Crippen molar-refractivity contribution in [2.45, 2.75) is 84.3 Å². The van der Waals surface area contributed by atoms with E-state index in [9.17, 15) is 5.11 Å². The van der Waals surface area contributed by atoms with Gasteiger partial charge in [0.15, 0.2) is 0 Å². The van der Waals surface area contributed by atoms with Gasteiger partial charge in [-0.25, -0.2) is 0 Å². The maximum absolute atomic E-state index is 9.54. The molecule has 1 aliphatic carbocycles. The molecule has 3 nitrogen and oxygen atoms in total.